The predicted octanol–water partition coefficient (Wildman–Crippen LogP) is 3.72. The van der Waals surface area contributed by atoms with Crippen molar-refractivity contribution in [1.29, 1.82) is 0 Å². The highest BCUT2D eigenvalue weighted by Crippen LogP contribution is 2.21. The second-order valence-electron chi connectivity index (χ2n) is 6.32. The topological polar surface area (TPSA) is 105 Å². The largest absolute Gasteiger partial charge is 0.347 e. The van der Waals surface area contributed by atoms with Gasteiger partial charge in [-0.15, -0.1) is 24.8 Å². The first kappa shape index (κ1) is 26.3. The average molecular weight is 496 g/mol. The molecule has 2 aromatic heterocycles. The van der Waals surface area contributed by atoms with Gasteiger partial charge in [-0.1, -0.05) is 11.6 Å². The Morgan fingerprint density at radius 2 is 1.77 bits per heavy atom. The number of halogens is 5. The maximum atomic E-state index is 13.4. The molecule has 2 amide bonds. The Hall–Kier alpha value is -2.69. The summed E-state index contributed by atoms with van der Waals surface area (Å²) in [6.45, 7) is 4.02. The van der Waals surface area contributed by atoms with Gasteiger partial charge in [-0.05, 0) is 26.0 Å². The zero-order chi connectivity index (χ0) is 21.3. The monoisotopic (exact) mass is 494 g/mol. The number of nitrogens with one attached hydrogen (secondary N) is 3. The molecule has 8 nitrogen and oxygen atoms in total. The summed E-state index contributed by atoms with van der Waals surface area (Å²) in [6, 6.07) is 2.70. The Bertz CT molecular complexity index is 1120. The van der Waals surface area contributed by atoms with Gasteiger partial charge in [0.1, 0.15) is 5.69 Å². The fourth-order valence-electron chi connectivity index (χ4n) is 2.72. The number of hydrogen-bond acceptors (Lipinski definition) is 4. The van der Waals surface area contributed by atoms with E-state index in [1.807, 2.05) is 20.9 Å². The maximum Gasteiger partial charge on any atom is 0.269 e. The smallest absolute Gasteiger partial charge is 0.269 e. The minimum Gasteiger partial charge on any atom is -0.347 e. The Morgan fingerprint density at radius 3 is 2.39 bits per heavy atom. The molecule has 3 aromatic rings. The van der Waals surface area contributed by atoms with Crippen LogP contribution >= 0.6 is 36.4 Å². The van der Waals surface area contributed by atoms with Crippen molar-refractivity contribution in [2.45, 2.75) is 20.4 Å². The molecule has 0 spiro atoms. The van der Waals surface area contributed by atoms with Crippen LogP contribution in [0.25, 0.3) is 0 Å². The molecule has 0 aliphatic carbocycles. The molecule has 0 aliphatic heterocycles. The molecule has 0 atom stereocenters. The highest BCUT2D eigenvalue weighted by Gasteiger charge is 2.18. The van der Waals surface area contributed by atoms with Gasteiger partial charge in [0.2, 0.25) is 0 Å². The molecule has 31 heavy (non-hydrogen) atoms. The van der Waals surface area contributed by atoms with Crippen LogP contribution in [0.3, 0.4) is 0 Å². The van der Waals surface area contributed by atoms with E-state index in [9.17, 15) is 18.4 Å². The molecule has 0 fully saturated rings. The number of rotatable bonds is 5. The SMILES string of the molecule is Cc1nn(C)c(C)c1CNC(=O)c1cc(NC(=O)c2cc(F)c(F)cc2Cl)n[nH]1.Cl.Cl. The first-order valence-corrected chi connectivity index (χ1v) is 8.83. The maximum absolute atomic E-state index is 13.4. The second kappa shape index (κ2) is 10.6. The molecule has 0 unspecified atom stereocenters. The Morgan fingerprint density at radius 1 is 1.13 bits per heavy atom. The molecule has 13 heteroatoms. The van der Waals surface area contributed by atoms with Crippen LogP contribution in [0.4, 0.5) is 14.6 Å². The minimum absolute atomic E-state index is 0. The lowest BCUT2D eigenvalue weighted by molar-refractivity contribution is 0.0945. The minimum atomic E-state index is -1.21. The third-order valence-electron chi connectivity index (χ3n) is 4.40. The van der Waals surface area contributed by atoms with Crippen molar-refractivity contribution >= 4 is 54.0 Å². The van der Waals surface area contributed by atoms with Crippen LogP contribution in [0.2, 0.25) is 5.02 Å². The van der Waals surface area contributed by atoms with E-state index in [0.29, 0.717) is 12.1 Å². The van der Waals surface area contributed by atoms with E-state index in [1.165, 1.54) is 6.07 Å². The second-order valence-corrected chi connectivity index (χ2v) is 6.73. The molecule has 3 rings (SSSR count). The van der Waals surface area contributed by atoms with Gasteiger partial charge in [-0.25, -0.2) is 8.78 Å². The third-order valence-corrected chi connectivity index (χ3v) is 4.72. The van der Waals surface area contributed by atoms with E-state index in [4.69, 9.17) is 11.6 Å². The molecular weight excluding hydrogens is 477 g/mol. The number of amides is 2. The van der Waals surface area contributed by atoms with E-state index < -0.39 is 23.4 Å². The quantitative estimate of drug-likeness (QED) is 0.469. The first-order valence-electron chi connectivity index (χ1n) is 8.46. The van der Waals surface area contributed by atoms with Gasteiger partial charge in [0.05, 0.1) is 16.3 Å². The van der Waals surface area contributed by atoms with Crippen LogP contribution in [0.15, 0.2) is 18.2 Å². The van der Waals surface area contributed by atoms with Gasteiger partial charge < -0.3 is 10.6 Å². The van der Waals surface area contributed by atoms with Gasteiger partial charge in [-0.3, -0.25) is 19.4 Å². The van der Waals surface area contributed by atoms with Crippen LogP contribution < -0.4 is 10.6 Å². The van der Waals surface area contributed by atoms with Gasteiger partial charge in [0.25, 0.3) is 11.8 Å². The highest BCUT2D eigenvalue weighted by atomic mass is 35.5. The number of carbonyl (C=O) groups is 2. The fraction of sp³-hybridized carbons (Fsp3) is 0.222. The summed E-state index contributed by atoms with van der Waals surface area (Å²) >= 11 is 5.78. The number of H-pyrrole nitrogens is 1. The summed E-state index contributed by atoms with van der Waals surface area (Å²) in [6.07, 6.45) is 0. The number of nitrogens with zero attached hydrogens (tertiary/aromatic N) is 3. The molecule has 3 N–H and O–H groups in total. The normalized spacial score (nSPS) is 10.1. The van der Waals surface area contributed by atoms with E-state index >= 15 is 0 Å². The summed E-state index contributed by atoms with van der Waals surface area (Å²) in [5.41, 5.74) is 2.50. The number of carbonyl (C=O) groups excluding carboxylic acids is 2. The number of aromatic amines is 1. The molecule has 0 bridgehead atoms. The standard InChI is InChI=1S/C18H17ClF2N6O2.2ClH/c1-8-11(9(2)27(3)26-8)7-22-18(29)15-6-16(25-24-15)23-17(28)10-4-13(20)14(21)5-12(10)19;;/h4-6H,7H2,1-3H3,(H,22,29)(H2,23,24,25,28);2*1H. The summed E-state index contributed by atoms with van der Waals surface area (Å²) < 4.78 is 28.2. The van der Waals surface area contributed by atoms with Gasteiger partial charge in [-0.2, -0.15) is 10.2 Å². The summed E-state index contributed by atoms with van der Waals surface area (Å²) in [4.78, 5) is 24.5. The molecule has 0 aliphatic rings. The van der Waals surface area contributed by atoms with Crippen LogP contribution in [-0.4, -0.2) is 31.8 Å². The number of aryl methyl sites for hydroxylation is 2. The van der Waals surface area contributed by atoms with E-state index in [2.05, 4.69) is 25.9 Å². The highest BCUT2D eigenvalue weighted by molar-refractivity contribution is 6.34. The lowest BCUT2D eigenvalue weighted by Gasteiger charge is -2.05. The Balaban J connectivity index is 0.00000240. The Labute approximate surface area is 193 Å². The number of aromatic nitrogens is 4. The average Bonchev–Trinajstić information content (AvgIpc) is 3.21. The lowest BCUT2D eigenvalue weighted by Crippen LogP contribution is -2.23. The van der Waals surface area contributed by atoms with Crippen molar-refractivity contribution in [3.05, 3.63) is 63.1 Å². The number of benzene rings is 1. The van der Waals surface area contributed by atoms with Crippen molar-refractivity contribution in [2.75, 3.05) is 5.32 Å². The molecule has 2 heterocycles. The number of anilines is 1. The molecule has 1 aromatic carbocycles. The van der Waals surface area contributed by atoms with E-state index in [-0.39, 0.29) is 53.5 Å². The van der Waals surface area contributed by atoms with Crippen LogP contribution in [-0.2, 0) is 13.6 Å². The molecule has 0 radical (unpaired) electrons. The van der Waals surface area contributed by atoms with Crippen LogP contribution in [0.5, 0.6) is 0 Å². The van der Waals surface area contributed by atoms with Gasteiger partial charge in [0, 0.05) is 30.9 Å². The predicted molar refractivity (Wildman–Crippen MR) is 116 cm³/mol. The van der Waals surface area contributed by atoms with Crippen molar-refractivity contribution in [3.8, 4) is 0 Å². The molecule has 0 saturated carbocycles. The fourth-order valence-corrected chi connectivity index (χ4v) is 2.96. The molecule has 0 saturated heterocycles. The van der Waals surface area contributed by atoms with Crippen LogP contribution in [0, 0.1) is 25.5 Å². The van der Waals surface area contributed by atoms with Crippen molar-refractivity contribution in [3.63, 3.8) is 0 Å². The van der Waals surface area contributed by atoms with Crippen molar-refractivity contribution in [1.82, 2.24) is 25.3 Å². The zero-order valence-electron chi connectivity index (χ0n) is 16.5. The first-order chi connectivity index (χ1) is 13.7. The van der Waals surface area contributed by atoms with Gasteiger partial charge in [0.15, 0.2) is 17.5 Å². The summed E-state index contributed by atoms with van der Waals surface area (Å²) in [5.74, 6) is -3.58. The third kappa shape index (κ3) is 5.72. The van der Waals surface area contributed by atoms with E-state index in [0.717, 1.165) is 17.0 Å². The van der Waals surface area contributed by atoms with Crippen molar-refractivity contribution in [2.24, 2.45) is 7.05 Å². The lowest BCUT2D eigenvalue weighted by atomic mass is 10.2. The summed E-state index contributed by atoms with van der Waals surface area (Å²) in [7, 11) is 1.82. The van der Waals surface area contributed by atoms with Crippen LogP contribution in [0.1, 0.15) is 37.8 Å². The summed E-state index contributed by atoms with van der Waals surface area (Å²) in [5, 5.41) is 15.5. The van der Waals surface area contributed by atoms with Gasteiger partial charge >= 0.3 is 0 Å². The molecule has 168 valence electrons. The zero-order valence-corrected chi connectivity index (χ0v) is 18.9. The Kier molecular flexibility index (Phi) is 8.97. The van der Waals surface area contributed by atoms with E-state index in [1.54, 1.807) is 4.68 Å². The number of hydrogen-bond donors (Lipinski definition) is 3. The molecular formula is C18H19Cl3F2N6O2. The van der Waals surface area contributed by atoms with Crippen molar-refractivity contribution < 1.29 is 18.4 Å².